The Kier molecular flexibility index (Phi) is 5.57. The van der Waals surface area contributed by atoms with Gasteiger partial charge in [-0.15, -0.1) is 0 Å². The van der Waals surface area contributed by atoms with Gasteiger partial charge in [0, 0.05) is 16.1 Å². The predicted molar refractivity (Wildman–Crippen MR) is 106 cm³/mol. The molecular weight excluding hydrogens is 416 g/mol. The van der Waals surface area contributed by atoms with E-state index in [-0.39, 0.29) is 5.57 Å². The minimum atomic E-state index is -0.518. The summed E-state index contributed by atoms with van der Waals surface area (Å²) < 4.78 is 6.43. The standard InChI is InChI=1S/C20H12BrClN2O2/c21-16-6-2-4-8-18(16)24-20(25)13(12-23)11-14-9-10-19(26-14)15-5-1-3-7-17(15)22/h1-11H,(H,24,25)/b13-11-. The average molecular weight is 428 g/mol. The van der Waals surface area contributed by atoms with E-state index in [1.54, 1.807) is 36.4 Å². The highest BCUT2D eigenvalue weighted by molar-refractivity contribution is 9.10. The number of carbonyl (C=O) groups excluding carboxylic acids is 1. The summed E-state index contributed by atoms with van der Waals surface area (Å²) in [4.78, 5) is 12.3. The second kappa shape index (κ2) is 8.05. The van der Waals surface area contributed by atoms with Crippen LogP contribution in [-0.2, 0) is 4.79 Å². The summed E-state index contributed by atoms with van der Waals surface area (Å²) in [5.74, 6) is 0.430. The van der Waals surface area contributed by atoms with Gasteiger partial charge in [0.25, 0.3) is 5.91 Å². The van der Waals surface area contributed by atoms with E-state index in [1.165, 1.54) is 6.08 Å². The minimum absolute atomic E-state index is 0.0687. The molecule has 0 bridgehead atoms. The molecule has 0 aliphatic carbocycles. The molecule has 3 rings (SSSR count). The van der Waals surface area contributed by atoms with Crippen LogP contribution in [0.25, 0.3) is 17.4 Å². The number of carbonyl (C=O) groups is 1. The second-order valence-corrected chi connectivity index (χ2v) is 6.55. The molecule has 2 aromatic carbocycles. The summed E-state index contributed by atoms with van der Waals surface area (Å²) >= 11 is 9.51. The van der Waals surface area contributed by atoms with Gasteiger partial charge in [-0.25, -0.2) is 0 Å². The van der Waals surface area contributed by atoms with E-state index >= 15 is 0 Å². The van der Waals surface area contributed by atoms with Gasteiger partial charge in [-0.05, 0) is 52.3 Å². The van der Waals surface area contributed by atoms with Crippen LogP contribution in [0.1, 0.15) is 5.76 Å². The maximum absolute atomic E-state index is 12.3. The molecule has 3 aromatic rings. The molecule has 0 saturated carbocycles. The van der Waals surface area contributed by atoms with Gasteiger partial charge >= 0.3 is 0 Å². The number of hydrogen-bond donors (Lipinski definition) is 1. The first-order valence-corrected chi connectivity index (χ1v) is 8.78. The molecule has 26 heavy (non-hydrogen) atoms. The number of nitrogens with zero attached hydrogens (tertiary/aromatic N) is 1. The highest BCUT2D eigenvalue weighted by Crippen LogP contribution is 2.29. The number of furan rings is 1. The molecule has 1 heterocycles. The average Bonchev–Trinajstić information content (AvgIpc) is 3.10. The van der Waals surface area contributed by atoms with Gasteiger partial charge in [-0.3, -0.25) is 4.79 Å². The normalized spacial score (nSPS) is 11.0. The lowest BCUT2D eigenvalue weighted by Crippen LogP contribution is -2.13. The molecule has 0 spiro atoms. The third-order valence-electron chi connectivity index (χ3n) is 3.54. The fourth-order valence-corrected chi connectivity index (χ4v) is 2.89. The summed E-state index contributed by atoms with van der Waals surface area (Å²) in [6.07, 6.45) is 1.40. The van der Waals surface area contributed by atoms with Gasteiger partial charge in [-0.1, -0.05) is 35.9 Å². The summed E-state index contributed by atoms with van der Waals surface area (Å²) in [6, 6.07) is 19.8. The number of rotatable bonds is 4. The van der Waals surface area contributed by atoms with E-state index in [0.29, 0.717) is 22.2 Å². The molecule has 0 aliphatic heterocycles. The van der Waals surface area contributed by atoms with E-state index in [4.69, 9.17) is 16.0 Å². The Labute approximate surface area is 163 Å². The molecule has 128 valence electrons. The van der Waals surface area contributed by atoms with Crippen molar-refractivity contribution in [3.8, 4) is 17.4 Å². The van der Waals surface area contributed by atoms with E-state index in [2.05, 4.69) is 21.2 Å². The van der Waals surface area contributed by atoms with E-state index in [9.17, 15) is 10.1 Å². The van der Waals surface area contributed by atoms with Crippen molar-refractivity contribution in [1.29, 1.82) is 5.26 Å². The van der Waals surface area contributed by atoms with E-state index in [1.807, 2.05) is 30.3 Å². The second-order valence-electron chi connectivity index (χ2n) is 5.29. The van der Waals surface area contributed by atoms with Crippen LogP contribution in [0.4, 0.5) is 5.69 Å². The van der Waals surface area contributed by atoms with E-state index in [0.717, 1.165) is 10.0 Å². The Balaban J connectivity index is 1.84. The van der Waals surface area contributed by atoms with Crippen molar-refractivity contribution in [2.45, 2.75) is 0 Å². The fraction of sp³-hybridized carbons (Fsp3) is 0. The van der Waals surface area contributed by atoms with Crippen LogP contribution >= 0.6 is 27.5 Å². The number of para-hydroxylation sites is 1. The first-order valence-electron chi connectivity index (χ1n) is 7.61. The summed E-state index contributed by atoms with van der Waals surface area (Å²) in [5, 5.41) is 12.6. The zero-order chi connectivity index (χ0) is 18.5. The van der Waals surface area contributed by atoms with Crippen molar-refractivity contribution >= 4 is 45.2 Å². The molecule has 6 heteroatoms. The first-order chi connectivity index (χ1) is 12.6. The lowest BCUT2D eigenvalue weighted by Gasteiger charge is -2.05. The molecule has 1 N–H and O–H groups in total. The maximum atomic E-state index is 12.3. The third-order valence-corrected chi connectivity index (χ3v) is 4.56. The van der Waals surface area contributed by atoms with Crippen molar-refractivity contribution < 1.29 is 9.21 Å². The fourth-order valence-electron chi connectivity index (χ4n) is 2.28. The van der Waals surface area contributed by atoms with Gasteiger partial charge < -0.3 is 9.73 Å². The molecule has 0 aliphatic rings. The van der Waals surface area contributed by atoms with Crippen molar-refractivity contribution in [3.63, 3.8) is 0 Å². The molecule has 0 fully saturated rings. The molecule has 0 unspecified atom stereocenters. The number of halogens is 2. The SMILES string of the molecule is N#C/C(=C/c1ccc(-c2ccccc2Cl)o1)C(=O)Nc1ccccc1Br. The van der Waals surface area contributed by atoms with Crippen LogP contribution < -0.4 is 5.32 Å². The van der Waals surface area contributed by atoms with Gasteiger partial charge in [0.2, 0.25) is 0 Å². The van der Waals surface area contributed by atoms with Crippen LogP contribution in [-0.4, -0.2) is 5.91 Å². The van der Waals surface area contributed by atoms with Crippen LogP contribution in [0, 0.1) is 11.3 Å². The molecule has 1 amide bonds. The molecular formula is C20H12BrClN2O2. The van der Waals surface area contributed by atoms with Crippen LogP contribution in [0.2, 0.25) is 5.02 Å². The zero-order valence-corrected chi connectivity index (χ0v) is 15.7. The molecule has 1 aromatic heterocycles. The molecule has 0 radical (unpaired) electrons. The monoisotopic (exact) mass is 426 g/mol. The Morgan fingerprint density at radius 2 is 1.85 bits per heavy atom. The third kappa shape index (κ3) is 4.05. The molecule has 0 saturated heterocycles. The number of nitrogens with one attached hydrogen (secondary N) is 1. The van der Waals surface area contributed by atoms with Gasteiger partial charge in [-0.2, -0.15) is 5.26 Å². The Morgan fingerprint density at radius 3 is 2.58 bits per heavy atom. The number of hydrogen-bond acceptors (Lipinski definition) is 3. The number of benzene rings is 2. The number of anilines is 1. The van der Waals surface area contributed by atoms with E-state index < -0.39 is 5.91 Å². The largest absolute Gasteiger partial charge is 0.457 e. The Morgan fingerprint density at radius 1 is 1.12 bits per heavy atom. The summed E-state index contributed by atoms with van der Waals surface area (Å²) in [6.45, 7) is 0. The van der Waals surface area contributed by atoms with Crippen molar-refractivity contribution in [3.05, 3.63) is 81.5 Å². The zero-order valence-electron chi connectivity index (χ0n) is 13.4. The first kappa shape index (κ1) is 18.0. The maximum Gasteiger partial charge on any atom is 0.266 e. The quantitative estimate of drug-likeness (QED) is 0.416. The predicted octanol–water partition coefficient (Wildman–Crippen LogP) is 5.91. The van der Waals surface area contributed by atoms with Crippen molar-refractivity contribution in [2.24, 2.45) is 0 Å². The Hall–Kier alpha value is -2.81. The van der Waals surface area contributed by atoms with Gasteiger partial charge in [0.1, 0.15) is 23.2 Å². The lowest BCUT2D eigenvalue weighted by atomic mass is 10.2. The molecule has 4 nitrogen and oxygen atoms in total. The summed E-state index contributed by atoms with van der Waals surface area (Å²) in [7, 11) is 0. The highest BCUT2D eigenvalue weighted by Gasteiger charge is 2.13. The van der Waals surface area contributed by atoms with Crippen molar-refractivity contribution in [2.75, 3.05) is 5.32 Å². The number of nitriles is 1. The van der Waals surface area contributed by atoms with Gasteiger partial charge in [0.05, 0.1) is 10.7 Å². The highest BCUT2D eigenvalue weighted by atomic mass is 79.9. The smallest absolute Gasteiger partial charge is 0.266 e. The summed E-state index contributed by atoms with van der Waals surface area (Å²) in [5.41, 5.74) is 1.25. The lowest BCUT2D eigenvalue weighted by molar-refractivity contribution is -0.112. The van der Waals surface area contributed by atoms with Crippen LogP contribution in [0.15, 0.2) is 75.1 Å². The van der Waals surface area contributed by atoms with Gasteiger partial charge in [0.15, 0.2) is 0 Å². The topological polar surface area (TPSA) is 66.0 Å². The Bertz CT molecular complexity index is 1030. The van der Waals surface area contributed by atoms with Crippen molar-refractivity contribution in [1.82, 2.24) is 0 Å². The van der Waals surface area contributed by atoms with Crippen LogP contribution in [0.3, 0.4) is 0 Å². The minimum Gasteiger partial charge on any atom is -0.457 e. The number of amides is 1. The van der Waals surface area contributed by atoms with Crippen LogP contribution in [0.5, 0.6) is 0 Å². The molecule has 0 atom stereocenters.